The molecule has 1 aromatic rings. The Morgan fingerprint density at radius 3 is 2.57 bits per heavy atom. The van der Waals surface area contributed by atoms with E-state index >= 15 is 0 Å². The molecule has 0 aliphatic heterocycles. The van der Waals surface area contributed by atoms with Gasteiger partial charge in [0.05, 0.1) is 13.2 Å². The van der Waals surface area contributed by atoms with Crippen LogP contribution in [0.5, 0.6) is 11.5 Å². The van der Waals surface area contributed by atoms with Gasteiger partial charge in [-0.2, -0.15) is 8.78 Å². The van der Waals surface area contributed by atoms with Gasteiger partial charge in [0, 0.05) is 6.54 Å². The molecule has 1 atom stereocenters. The maximum atomic E-state index is 12.4. The Labute approximate surface area is 135 Å². The lowest BCUT2D eigenvalue weighted by Crippen LogP contribution is -2.42. The van der Waals surface area contributed by atoms with E-state index in [1.807, 2.05) is 13.8 Å². The van der Waals surface area contributed by atoms with E-state index in [0.717, 1.165) is 5.56 Å². The number of ether oxygens (including phenoxy) is 2. The highest BCUT2D eigenvalue weighted by Crippen LogP contribution is 2.29. The van der Waals surface area contributed by atoms with Crippen LogP contribution in [0.25, 0.3) is 0 Å². The van der Waals surface area contributed by atoms with Gasteiger partial charge in [0.15, 0.2) is 11.5 Å². The predicted molar refractivity (Wildman–Crippen MR) is 83.8 cm³/mol. The predicted octanol–water partition coefficient (Wildman–Crippen LogP) is 2.33. The van der Waals surface area contributed by atoms with Crippen molar-refractivity contribution in [2.24, 2.45) is 11.7 Å². The molecule has 23 heavy (non-hydrogen) atoms. The van der Waals surface area contributed by atoms with Crippen LogP contribution in [0.4, 0.5) is 8.78 Å². The summed E-state index contributed by atoms with van der Waals surface area (Å²) in [4.78, 5) is 11.8. The molecule has 1 aromatic carbocycles. The molecular weight excluding hydrogens is 306 g/mol. The number of rotatable bonds is 9. The second-order valence-corrected chi connectivity index (χ2v) is 5.64. The first kappa shape index (κ1) is 19.2. The first-order chi connectivity index (χ1) is 10.8. The van der Waals surface area contributed by atoms with Gasteiger partial charge in [-0.05, 0) is 36.5 Å². The average Bonchev–Trinajstić information content (AvgIpc) is 2.46. The molecule has 0 aliphatic carbocycles. The lowest BCUT2D eigenvalue weighted by atomic mass is 10.0. The van der Waals surface area contributed by atoms with Crippen molar-refractivity contribution in [1.29, 1.82) is 0 Å². The molecule has 0 aromatic heterocycles. The van der Waals surface area contributed by atoms with Crippen LogP contribution in [0.2, 0.25) is 0 Å². The van der Waals surface area contributed by atoms with Crippen LogP contribution in [0, 0.1) is 5.92 Å². The minimum atomic E-state index is -2.92. The van der Waals surface area contributed by atoms with Crippen molar-refractivity contribution in [1.82, 2.24) is 5.32 Å². The smallest absolute Gasteiger partial charge is 0.387 e. The molecule has 0 heterocycles. The fourth-order valence-corrected chi connectivity index (χ4v) is 2.14. The molecule has 0 aliphatic rings. The van der Waals surface area contributed by atoms with Gasteiger partial charge in [-0.1, -0.05) is 19.9 Å². The summed E-state index contributed by atoms with van der Waals surface area (Å²) < 4.78 is 34.1. The Kier molecular flexibility index (Phi) is 7.74. The summed E-state index contributed by atoms with van der Waals surface area (Å²) >= 11 is 0. The third kappa shape index (κ3) is 6.81. The molecule has 1 amide bonds. The number of carbonyl (C=O) groups is 1. The zero-order valence-corrected chi connectivity index (χ0v) is 13.6. The standard InChI is InChI=1S/C16H24F2N2O3/c1-10(2)8-12(19)15(21)20-7-6-11-4-5-13(22-3)14(9-11)23-16(17)18/h4-5,9-10,12,16H,6-8,19H2,1-3H3,(H,20,21)/t12-/m0/s1. The SMILES string of the molecule is COc1ccc(CCNC(=O)[C@@H](N)CC(C)C)cc1OC(F)F. The summed E-state index contributed by atoms with van der Waals surface area (Å²) in [6, 6.07) is 4.23. The van der Waals surface area contributed by atoms with E-state index in [9.17, 15) is 13.6 Å². The number of hydrogen-bond acceptors (Lipinski definition) is 4. The number of carbonyl (C=O) groups excluding carboxylic acids is 1. The molecule has 1 rings (SSSR count). The molecule has 3 N–H and O–H groups in total. The molecule has 5 nitrogen and oxygen atoms in total. The summed E-state index contributed by atoms with van der Waals surface area (Å²) in [6.07, 6.45) is 1.09. The third-order valence-electron chi connectivity index (χ3n) is 3.22. The first-order valence-corrected chi connectivity index (χ1v) is 7.48. The van der Waals surface area contributed by atoms with E-state index in [2.05, 4.69) is 10.1 Å². The van der Waals surface area contributed by atoms with Crippen molar-refractivity contribution >= 4 is 5.91 Å². The van der Waals surface area contributed by atoms with Crippen LogP contribution in [-0.2, 0) is 11.2 Å². The fraction of sp³-hybridized carbons (Fsp3) is 0.562. The Bertz CT molecular complexity index is 510. The van der Waals surface area contributed by atoms with Gasteiger partial charge < -0.3 is 20.5 Å². The molecule has 130 valence electrons. The molecule has 0 saturated carbocycles. The zero-order chi connectivity index (χ0) is 17.4. The quantitative estimate of drug-likeness (QED) is 0.729. The van der Waals surface area contributed by atoms with Gasteiger partial charge in [-0.3, -0.25) is 4.79 Å². The number of alkyl halides is 2. The highest BCUT2D eigenvalue weighted by molar-refractivity contribution is 5.81. The van der Waals surface area contributed by atoms with E-state index in [1.165, 1.54) is 13.2 Å². The van der Waals surface area contributed by atoms with Crippen LogP contribution in [0.15, 0.2) is 18.2 Å². The number of benzene rings is 1. The monoisotopic (exact) mass is 330 g/mol. The number of nitrogens with two attached hydrogens (primary N) is 1. The molecule has 0 unspecified atom stereocenters. The lowest BCUT2D eigenvalue weighted by Gasteiger charge is -2.15. The van der Waals surface area contributed by atoms with Crippen molar-refractivity contribution in [3.05, 3.63) is 23.8 Å². The number of methoxy groups -OCH3 is 1. The van der Waals surface area contributed by atoms with Crippen LogP contribution in [-0.4, -0.2) is 32.2 Å². The van der Waals surface area contributed by atoms with Crippen molar-refractivity contribution in [3.8, 4) is 11.5 Å². The zero-order valence-electron chi connectivity index (χ0n) is 13.6. The minimum absolute atomic E-state index is 0.0252. The normalized spacial score (nSPS) is 12.3. The van der Waals surface area contributed by atoms with Gasteiger partial charge in [0.25, 0.3) is 0 Å². The minimum Gasteiger partial charge on any atom is -0.493 e. The fourth-order valence-electron chi connectivity index (χ4n) is 2.14. The second kappa shape index (κ2) is 9.29. The van der Waals surface area contributed by atoms with Crippen LogP contribution < -0.4 is 20.5 Å². The maximum Gasteiger partial charge on any atom is 0.387 e. The molecule has 0 fully saturated rings. The Morgan fingerprint density at radius 1 is 1.30 bits per heavy atom. The Hall–Kier alpha value is -1.89. The number of nitrogens with one attached hydrogen (secondary N) is 1. The molecule has 0 bridgehead atoms. The van der Waals surface area contributed by atoms with Crippen LogP contribution in [0.3, 0.4) is 0 Å². The van der Waals surface area contributed by atoms with E-state index in [1.54, 1.807) is 12.1 Å². The van der Waals surface area contributed by atoms with E-state index in [-0.39, 0.29) is 17.4 Å². The van der Waals surface area contributed by atoms with E-state index < -0.39 is 12.7 Å². The average molecular weight is 330 g/mol. The molecule has 0 saturated heterocycles. The van der Waals surface area contributed by atoms with Crippen LogP contribution >= 0.6 is 0 Å². The van der Waals surface area contributed by atoms with Gasteiger partial charge in [0.1, 0.15) is 0 Å². The summed E-state index contributed by atoms with van der Waals surface area (Å²) in [7, 11) is 1.38. The topological polar surface area (TPSA) is 73.6 Å². The van der Waals surface area contributed by atoms with Crippen LogP contribution in [0.1, 0.15) is 25.8 Å². The summed E-state index contributed by atoms with van der Waals surface area (Å²) in [5.41, 5.74) is 6.53. The largest absolute Gasteiger partial charge is 0.493 e. The molecule has 7 heteroatoms. The maximum absolute atomic E-state index is 12.4. The first-order valence-electron chi connectivity index (χ1n) is 7.48. The number of amides is 1. The molecule has 0 spiro atoms. The van der Waals surface area contributed by atoms with Gasteiger partial charge in [-0.25, -0.2) is 0 Å². The highest BCUT2D eigenvalue weighted by atomic mass is 19.3. The van der Waals surface area contributed by atoms with Crippen molar-refractivity contribution < 1.29 is 23.0 Å². The van der Waals surface area contributed by atoms with Gasteiger partial charge in [-0.15, -0.1) is 0 Å². The van der Waals surface area contributed by atoms with Gasteiger partial charge in [0.2, 0.25) is 5.91 Å². The second-order valence-electron chi connectivity index (χ2n) is 5.64. The summed E-state index contributed by atoms with van der Waals surface area (Å²) in [5.74, 6) is 0.336. The summed E-state index contributed by atoms with van der Waals surface area (Å²) in [6.45, 7) is 1.43. The van der Waals surface area contributed by atoms with Crippen molar-refractivity contribution in [2.45, 2.75) is 39.3 Å². The lowest BCUT2D eigenvalue weighted by molar-refractivity contribution is -0.122. The Morgan fingerprint density at radius 2 is 2.00 bits per heavy atom. The van der Waals surface area contributed by atoms with E-state index in [0.29, 0.717) is 25.3 Å². The van der Waals surface area contributed by atoms with E-state index in [4.69, 9.17) is 10.5 Å². The molecular formula is C16H24F2N2O3. The number of hydrogen-bond donors (Lipinski definition) is 2. The molecule has 0 radical (unpaired) electrons. The summed E-state index contributed by atoms with van der Waals surface area (Å²) in [5, 5.41) is 2.74. The number of halogens is 2. The highest BCUT2D eigenvalue weighted by Gasteiger charge is 2.15. The van der Waals surface area contributed by atoms with Crippen molar-refractivity contribution in [2.75, 3.05) is 13.7 Å². The van der Waals surface area contributed by atoms with Crippen molar-refractivity contribution in [3.63, 3.8) is 0 Å². The van der Waals surface area contributed by atoms with Gasteiger partial charge >= 0.3 is 6.61 Å². The Balaban J connectivity index is 2.56. The third-order valence-corrected chi connectivity index (χ3v) is 3.22.